The zero-order valence-corrected chi connectivity index (χ0v) is 24.8. The molecule has 0 amide bonds. The van der Waals surface area contributed by atoms with E-state index in [1.807, 2.05) is 26.8 Å². The van der Waals surface area contributed by atoms with Gasteiger partial charge in [-0.1, -0.05) is 25.3 Å². The van der Waals surface area contributed by atoms with E-state index in [0.29, 0.717) is 46.7 Å². The average molecular weight is 609 g/mol. The van der Waals surface area contributed by atoms with Crippen LogP contribution in [0.5, 0.6) is 0 Å². The molecule has 3 aliphatic heterocycles. The molecule has 5 N–H and O–H groups in total. The van der Waals surface area contributed by atoms with Gasteiger partial charge in [-0.25, -0.2) is 9.98 Å². The van der Waals surface area contributed by atoms with E-state index in [4.69, 9.17) is 4.99 Å². The van der Waals surface area contributed by atoms with Gasteiger partial charge in [-0.15, -0.1) is 0 Å². The van der Waals surface area contributed by atoms with E-state index in [0.717, 1.165) is 39.2 Å². The Bertz CT molecular complexity index is 1690. The average Bonchev–Trinajstić information content (AvgIpc) is 3.59. The van der Waals surface area contributed by atoms with Gasteiger partial charge in [-0.3, -0.25) is 14.6 Å². The molecule has 0 aliphatic carbocycles. The Morgan fingerprint density at radius 2 is 1.45 bits per heavy atom. The minimum absolute atomic E-state index is 0. The Morgan fingerprint density at radius 3 is 2.05 bits per heavy atom. The first kappa shape index (κ1) is 34.5. The van der Waals surface area contributed by atoms with Crippen molar-refractivity contribution in [2.75, 3.05) is 0 Å². The fourth-order valence-corrected chi connectivity index (χ4v) is 5.62. The van der Waals surface area contributed by atoms with Crippen LogP contribution in [-0.4, -0.2) is 90.5 Å². The zero-order valence-electron chi connectivity index (χ0n) is 24.8. The van der Waals surface area contributed by atoms with Crippen molar-refractivity contribution in [3.05, 3.63) is 98.7 Å². The van der Waals surface area contributed by atoms with Crippen molar-refractivity contribution in [3.63, 3.8) is 0 Å². The first-order chi connectivity index (χ1) is 20.4. The van der Waals surface area contributed by atoms with Crippen LogP contribution in [0.15, 0.2) is 91.2 Å². The van der Waals surface area contributed by atoms with Crippen molar-refractivity contribution < 1.29 is 30.0 Å². The van der Waals surface area contributed by atoms with Crippen molar-refractivity contribution in [2.45, 2.75) is 65.8 Å². The Morgan fingerprint density at radius 1 is 0.841 bits per heavy atom. The molecule has 4 rings (SSSR count). The summed E-state index contributed by atoms with van der Waals surface area (Å²) in [6.45, 7) is 15.0. The monoisotopic (exact) mass is 608 g/mol. The number of carbonyl (C=O) groups is 2. The van der Waals surface area contributed by atoms with Gasteiger partial charge < -0.3 is 25.4 Å². The number of nitrogens with one attached hydrogen (secondary N) is 1. The first-order valence-corrected chi connectivity index (χ1v) is 13.9. The number of carboxylic acid groups (broad SMARTS) is 2. The fourth-order valence-electron chi connectivity index (χ4n) is 5.62. The number of hydrogen-bond donors (Lipinski definition) is 5. The molecule has 0 spiro atoms. The van der Waals surface area contributed by atoms with Gasteiger partial charge in [0.05, 0.1) is 23.1 Å². The second-order valence-electron chi connectivity index (χ2n) is 10.7. The van der Waals surface area contributed by atoms with Crippen LogP contribution >= 0.6 is 0 Å². The predicted octanol–water partition coefficient (Wildman–Crippen LogP) is 5.41. The summed E-state index contributed by atoms with van der Waals surface area (Å²) in [6.07, 6.45) is 7.61. The van der Waals surface area contributed by atoms with E-state index in [2.05, 4.69) is 28.1 Å². The van der Waals surface area contributed by atoms with E-state index < -0.39 is 18.0 Å². The molecule has 0 aromatic carbocycles. The number of aromatic amines is 1. The number of nitrogens with zero attached hydrogens (tertiary/aromatic N) is 3. The Hall–Kier alpha value is -3.99. The van der Waals surface area contributed by atoms with Crippen LogP contribution in [-0.2, 0) is 22.4 Å². The number of aliphatic hydroxyl groups is 2. The molecule has 0 saturated heterocycles. The molecule has 226 valence electrons. The summed E-state index contributed by atoms with van der Waals surface area (Å²) in [5.41, 5.74) is 9.31. The molecule has 0 saturated carbocycles. The molecular formula is C33H37N4NaO6. The SMILES string of the molecule is C=CC1=C(C)C(O)=NC1=Cc1[nH]c(CC2N=C(C=C3N=C(O)C(C=C)=C3C)C(C)=C2CCC(=O)O)c(CCC(=O)O)c1C.[NaH]. The van der Waals surface area contributed by atoms with Gasteiger partial charge in [0.2, 0.25) is 11.8 Å². The molecular weight excluding hydrogens is 571 g/mol. The van der Waals surface area contributed by atoms with E-state index in [9.17, 15) is 30.0 Å². The van der Waals surface area contributed by atoms with Gasteiger partial charge in [0.15, 0.2) is 0 Å². The van der Waals surface area contributed by atoms with E-state index in [1.54, 1.807) is 25.2 Å². The molecule has 10 nitrogen and oxygen atoms in total. The first-order valence-electron chi connectivity index (χ1n) is 13.9. The number of H-pyrrole nitrogens is 1. The van der Waals surface area contributed by atoms with Crippen LogP contribution in [0.1, 0.15) is 62.5 Å². The van der Waals surface area contributed by atoms with E-state index in [-0.39, 0.29) is 60.6 Å². The van der Waals surface area contributed by atoms with Crippen LogP contribution in [0, 0.1) is 6.92 Å². The van der Waals surface area contributed by atoms with Crippen molar-refractivity contribution in [2.24, 2.45) is 15.0 Å². The molecule has 1 aromatic rings. The minimum atomic E-state index is -0.919. The fraction of sp³-hybridized carbons (Fsp3) is 0.303. The maximum absolute atomic E-state index is 11.5. The molecule has 1 atom stereocenters. The number of rotatable bonds is 12. The van der Waals surface area contributed by atoms with Crippen LogP contribution in [0.25, 0.3) is 6.08 Å². The molecule has 1 unspecified atom stereocenters. The molecule has 0 radical (unpaired) electrons. The molecule has 1 aromatic heterocycles. The quantitative estimate of drug-likeness (QED) is 0.199. The van der Waals surface area contributed by atoms with Gasteiger partial charge in [-0.05, 0) is 80.5 Å². The number of hydrogen-bond acceptors (Lipinski definition) is 5. The van der Waals surface area contributed by atoms with Gasteiger partial charge in [-0.2, -0.15) is 0 Å². The second-order valence-corrected chi connectivity index (χ2v) is 10.7. The molecule has 44 heavy (non-hydrogen) atoms. The predicted molar refractivity (Wildman–Crippen MR) is 175 cm³/mol. The summed E-state index contributed by atoms with van der Waals surface area (Å²) in [6, 6.07) is -0.394. The number of aliphatic carboxylic acids is 2. The van der Waals surface area contributed by atoms with Crippen LogP contribution in [0.4, 0.5) is 0 Å². The van der Waals surface area contributed by atoms with Gasteiger partial charge in [0.1, 0.15) is 0 Å². The summed E-state index contributed by atoms with van der Waals surface area (Å²) in [5, 5.41) is 39.2. The molecule has 0 fully saturated rings. The van der Waals surface area contributed by atoms with Gasteiger partial charge in [0.25, 0.3) is 0 Å². The molecule has 4 heterocycles. The standard InChI is InChI=1S/C33H36N4O6.Na.H/c1-7-20-19(6)32(42)37-27(20)14-25-18(5)23(10-12-31(40)41)29(35-25)15-28-22(9-11-30(38)39)17(4)24(34-28)13-26-16(3)21(8-2)33(43)36-26;;/h7-8,13-14,28,35H,1-2,9-12,15H2,3-6H3,(H,36,43)(H,37,42)(H,38,39)(H,40,41);;. The molecule has 3 aliphatic rings. The van der Waals surface area contributed by atoms with Crippen LogP contribution in [0.3, 0.4) is 0 Å². The number of aromatic nitrogens is 1. The maximum atomic E-state index is 11.5. The summed E-state index contributed by atoms with van der Waals surface area (Å²) in [7, 11) is 0. The number of aliphatic hydroxyl groups excluding tert-OH is 2. The van der Waals surface area contributed by atoms with Crippen molar-refractivity contribution in [1.29, 1.82) is 0 Å². The Kier molecular flexibility index (Phi) is 11.1. The number of carboxylic acids is 2. The third-order valence-electron chi connectivity index (χ3n) is 8.12. The molecule has 0 bridgehead atoms. The summed E-state index contributed by atoms with van der Waals surface area (Å²) in [4.78, 5) is 39.9. The normalized spacial score (nSPS) is 19.9. The van der Waals surface area contributed by atoms with Gasteiger partial charge in [0, 0.05) is 47.4 Å². The van der Waals surface area contributed by atoms with Crippen LogP contribution < -0.4 is 0 Å². The van der Waals surface area contributed by atoms with E-state index >= 15 is 0 Å². The van der Waals surface area contributed by atoms with Crippen LogP contribution in [0.2, 0.25) is 0 Å². The summed E-state index contributed by atoms with van der Waals surface area (Å²) in [5.74, 6) is -2.03. The number of aliphatic imine (C=N–C) groups is 3. The topological polar surface area (TPSA) is 168 Å². The Labute approximate surface area is 278 Å². The third kappa shape index (κ3) is 7.04. The van der Waals surface area contributed by atoms with Crippen molar-refractivity contribution in [1.82, 2.24) is 4.98 Å². The Balaban J connectivity index is 0.00000529. The number of allylic oxidation sites excluding steroid dienone is 4. The van der Waals surface area contributed by atoms with Gasteiger partial charge >= 0.3 is 41.5 Å². The van der Waals surface area contributed by atoms with Crippen molar-refractivity contribution in [3.8, 4) is 0 Å². The van der Waals surface area contributed by atoms with Crippen molar-refractivity contribution >= 4 is 65.1 Å². The zero-order chi connectivity index (χ0) is 31.6. The second kappa shape index (κ2) is 14.2. The third-order valence-corrected chi connectivity index (χ3v) is 8.12. The summed E-state index contributed by atoms with van der Waals surface area (Å²) < 4.78 is 0. The summed E-state index contributed by atoms with van der Waals surface area (Å²) >= 11 is 0. The van der Waals surface area contributed by atoms with E-state index in [1.165, 1.54) is 0 Å². The molecule has 11 heteroatoms.